The summed E-state index contributed by atoms with van der Waals surface area (Å²) in [5.41, 5.74) is 0.250. The number of hydrogen-bond acceptors (Lipinski definition) is 4. The number of carbonyl (C=O) groups excluding carboxylic acids is 1. The Morgan fingerprint density at radius 3 is 3.07 bits per heavy atom. The molecule has 0 saturated carbocycles. The van der Waals surface area contributed by atoms with E-state index in [-0.39, 0.29) is 11.5 Å². The van der Waals surface area contributed by atoms with Gasteiger partial charge in [-0.3, -0.25) is 4.79 Å². The van der Waals surface area contributed by atoms with Crippen LogP contribution in [-0.4, -0.2) is 35.4 Å². The van der Waals surface area contributed by atoms with E-state index in [9.17, 15) is 13.6 Å². The molecular formula is C8H8F2N4O. The molecule has 1 aliphatic heterocycles. The minimum atomic E-state index is -3.42. The highest BCUT2D eigenvalue weighted by Crippen LogP contribution is 2.29. The molecule has 0 radical (unpaired) electrons. The number of nitrogens with one attached hydrogen (secondary N) is 1. The summed E-state index contributed by atoms with van der Waals surface area (Å²) < 4.78 is 26.3. The fraction of sp³-hybridized carbons (Fsp3) is 0.375. The van der Waals surface area contributed by atoms with Crippen molar-refractivity contribution in [2.75, 3.05) is 23.8 Å². The van der Waals surface area contributed by atoms with Crippen molar-refractivity contribution in [3.05, 3.63) is 12.5 Å². The van der Waals surface area contributed by atoms with Crippen LogP contribution in [0.25, 0.3) is 0 Å². The van der Waals surface area contributed by atoms with Crippen molar-refractivity contribution in [2.45, 2.75) is 5.92 Å². The SMILES string of the molecule is CN1C(=O)C(F)(F)CNc2ncncc21. The van der Waals surface area contributed by atoms with Gasteiger partial charge < -0.3 is 10.2 Å². The van der Waals surface area contributed by atoms with Crippen LogP contribution >= 0.6 is 0 Å². The second-order valence-corrected chi connectivity index (χ2v) is 3.18. The normalized spacial score (nSPS) is 19.1. The van der Waals surface area contributed by atoms with Gasteiger partial charge in [-0.2, -0.15) is 8.78 Å². The molecule has 0 fully saturated rings. The van der Waals surface area contributed by atoms with E-state index in [4.69, 9.17) is 0 Å². The van der Waals surface area contributed by atoms with E-state index in [0.717, 1.165) is 4.90 Å². The lowest BCUT2D eigenvalue weighted by atomic mass is 10.3. The number of alkyl halides is 2. The van der Waals surface area contributed by atoms with E-state index in [1.807, 2.05) is 0 Å². The van der Waals surface area contributed by atoms with Crippen molar-refractivity contribution in [3.63, 3.8) is 0 Å². The molecule has 1 N–H and O–H groups in total. The molecule has 0 atom stereocenters. The first kappa shape index (κ1) is 9.75. The lowest BCUT2D eigenvalue weighted by Gasteiger charge is -2.18. The summed E-state index contributed by atoms with van der Waals surface area (Å²) in [5.74, 6) is -4.45. The average molecular weight is 214 g/mol. The van der Waals surface area contributed by atoms with Crippen molar-refractivity contribution in [1.82, 2.24) is 9.97 Å². The van der Waals surface area contributed by atoms with Crippen LogP contribution in [0.4, 0.5) is 20.3 Å². The van der Waals surface area contributed by atoms with Crippen molar-refractivity contribution in [1.29, 1.82) is 0 Å². The average Bonchev–Trinajstić information content (AvgIpc) is 2.31. The highest BCUT2D eigenvalue weighted by molar-refractivity contribution is 6.01. The van der Waals surface area contributed by atoms with Gasteiger partial charge in [0.1, 0.15) is 12.0 Å². The van der Waals surface area contributed by atoms with Gasteiger partial charge in [-0.1, -0.05) is 0 Å². The first-order valence-corrected chi connectivity index (χ1v) is 4.22. The van der Waals surface area contributed by atoms with Crippen molar-refractivity contribution in [3.8, 4) is 0 Å². The first-order valence-electron chi connectivity index (χ1n) is 4.22. The Balaban J connectivity index is 2.48. The zero-order chi connectivity index (χ0) is 11.1. The van der Waals surface area contributed by atoms with Crippen LogP contribution < -0.4 is 10.2 Å². The highest BCUT2D eigenvalue weighted by Gasteiger charge is 2.44. The van der Waals surface area contributed by atoms with Crippen molar-refractivity contribution in [2.24, 2.45) is 0 Å². The van der Waals surface area contributed by atoms with Gasteiger partial charge >= 0.3 is 5.92 Å². The number of amides is 1. The Hall–Kier alpha value is -1.79. The summed E-state index contributed by atoms with van der Waals surface area (Å²) in [5, 5.41) is 2.41. The third-order valence-corrected chi connectivity index (χ3v) is 2.15. The zero-order valence-corrected chi connectivity index (χ0v) is 7.87. The topological polar surface area (TPSA) is 58.1 Å². The minimum Gasteiger partial charge on any atom is -0.362 e. The molecule has 0 unspecified atom stereocenters. The third-order valence-electron chi connectivity index (χ3n) is 2.15. The molecule has 1 amide bonds. The second kappa shape index (κ2) is 3.11. The maximum Gasteiger partial charge on any atom is 0.341 e. The van der Waals surface area contributed by atoms with E-state index >= 15 is 0 Å². The molecule has 1 aromatic heterocycles. The number of fused-ring (bicyclic) bond motifs is 1. The quantitative estimate of drug-likeness (QED) is 0.683. The van der Waals surface area contributed by atoms with Crippen LogP contribution in [0.5, 0.6) is 0 Å². The summed E-state index contributed by atoms with van der Waals surface area (Å²) >= 11 is 0. The van der Waals surface area contributed by atoms with E-state index in [1.54, 1.807) is 0 Å². The molecule has 7 heteroatoms. The Kier molecular flexibility index (Phi) is 2.02. The zero-order valence-electron chi connectivity index (χ0n) is 7.87. The molecule has 1 aromatic rings. The van der Waals surface area contributed by atoms with Gasteiger partial charge in [-0.25, -0.2) is 9.97 Å². The molecular weight excluding hydrogens is 206 g/mol. The molecule has 1 aliphatic rings. The largest absolute Gasteiger partial charge is 0.362 e. The Bertz CT molecular complexity index is 409. The van der Waals surface area contributed by atoms with Crippen LogP contribution in [-0.2, 0) is 4.79 Å². The molecule has 0 bridgehead atoms. The number of aromatic nitrogens is 2. The fourth-order valence-corrected chi connectivity index (χ4v) is 1.33. The summed E-state index contributed by atoms with van der Waals surface area (Å²) in [6.07, 6.45) is 2.54. The molecule has 5 nitrogen and oxygen atoms in total. The van der Waals surface area contributed by atoms with E-state index < -0.39 is 18.4 Å². The second-order valence-electron chi connectivity index (χ2n) is 3.18. The van der Waals surface area contributed by atoms with Crippen LogP contribution in [0.15, 0.2) is 12.5 Å². The molecule has 0 spiro atoms. The number of hydrogen-bond donors (Lipinski definition) is 1. The summed E-state index contributed by atoms with van der Waals surface area (Å²) in [6.45, 7) is -0.750. The molecule has 0 aliphatic carbocycles. The Morgan fingerprint density at radius 1 is 1.60 bits per heavy atom. The van der Waals surface area contributed by atoms with E-state index in [1.165, 1.54) is 19.6 Å². The molecule has 0 saturated heterocycles. The maximum absolute atomic E-state index is 13.2. The predicted octanol–water partition coefficient (Wildman–Crippen LogP) is 0.500. The van der Waals surface area contributed by atoms with Crippen LogP contribution in [0.2, 0.25) is 0 Å². The Morgan fingerprint density at radius 2 is 2.33 bits per heavy atom. The monoisotopic (exact) mass is 214 g/mol. The Labute approximate surface area is 84.1 Å². The van der Waals surface area contributed by atoms with Crippen molar-refractivity contribution >= 4 is 17.4 Å². The van der Waals surface area contributed by atoms with Gasteiger partial charge in [-0.05, 0) is 0 Å². The molecule has 2 heterocycles. The van der Waals surface area contributed by atoms with E-state index in [0.29, 0.717) is 0 Å². The maximum atomic E-state index is 13.2. The smallest absolute Gasteiger partial charge is 0.341 e. The van der Waals surface area contributed by atoms with Gasteiger partial charge in [0.25, 0.3) is 5.91 Å². The number of rotatable bonds is 0. The van der Waals surface area contributed by atoms with E-state index in [2.05, 4.69) is 15.3 Å². The van der Waals surface area contributed by atoms with Crippen LogP contribution in [0.1, 0.15) is 0 Å². The standard InChI is InChI=1S/C8H8F2N4O/c1-14-5-2-11-4-13-6(5)12-3-8(9,10)7(14)15/h2,4H,3H2,1H3,(H,11,12,13). The number of nitrogens with zero attached hydrogens (tertiary/aromatic N) is 3. The molecule has 15 heavy (non-hydrogen) atoms. The van der Waals surface area contributed by atoms with Gasteiger partial charge in [0.05, 0.1) is 12.7 Å². The minimum absolute atomic E-state index is 0.234. The van der Waals surface area contributed by atoms with Gasteiger partial charge in [-0.15, -0.1) is 0 Å². The number of halogens is 2. The first-order chi connectivity index (χ1) is 7.02. The number of carbonyl (C=O) groups is 1. The summed E-state index contributed by atoms with van der Waals surface area (Å²) in [4.78, 5) is 19.6. The lowest BCUT2D eigenvalue weighted by molar-refractivity contribution is -0.140. The molecule has 0 aromatic carbocycles. The van der Waals surface area contributed by atoms with Gasteiger partial charge in [0, 0.05) is 7.05 Å². The van der Waals surface area contributed by atoms with Crippen LogP contribution in [0, 0.1) is 0 Å². The van der Waals surface area contributed by atoms with Gasteiger partial charge in [0.2, 0.25) is 0 Å². The summed E-state index contributed by atoms with van der Waals surface area (Å²) in [7, 11) is 1.27. The van der Waals surface area contributed by atoms with Crippen LogP contribution in [0.3, 0.4) is 0 Å². The molecule has 80 valence electrons. The molecule has 2 rings (SSSR count). The third kappa shape index (κ3) is 1.49. The predicted molar refractivity (Wildman–Crippen MR) is 48.9 cm³/mol. The highest BCUT2D eigenvalue weighted by atomic mass is 19.3. The lowest BCUT2D eigenvalue weighted by Crippen LogP contribution is -2.43. The van der Waals surface area contributed by atoms with Crippen molar-refractivity contribution < 1.29 is 13.6 Å². The van der Waals surface area contributed by atoms with Gasteiger partial charge in [0.15, 0.2) is 5.82 Å². The number of anilines is 2. The fourth-order valence-electron chi connectivity index (χ4n) is 1.33. The summed E-state index contributed by atoms with van der Waals surface area (Å²) in [6, 6.07) is 0.